The Morgan fingerprint density at radius 2 is 1.94 bits per heavy atom. The van der Waals surface area contributed by atoms with Gasteiger partial charge in [-0.1, -0.05) is 25.7 Å². The van der Waals surface area contributed by atoms with Crippen LogP contribution in [0.2, 0.25) is 0 Å². The second-order valence-corrected chi connectivity index (χ2v) is 9.43. The molecule has 0 unspecified atom stereocenters. The van der Waals surface area contributed by atoms with E-state index in [1.807, 2.05) is 24.3 Å². The van der Waals surface area contributed by atoms with Gasteiger partial charge in [0.05, 0.1) is 12.0 Å². The Morgan fingerprint density at radius 3 is 2.79 bits per heavy atom. The minimum absolute atomic E-state index is 0.0116. The highest BCUT2D eigenvalue weighted by Crippen LogP contribution is 2.54. The van der Waals surface area contributed by atoms with E-state index in [9.17, 15) is 9.59 Å². The van der Waals surface area contributed by atoms with Gasteiger partial charge in [-0.3, -0.25) is 4.79 Å². The first-order valence-electron chi connectivity index (χ1n) is 12.0. The van der Waals surface area contributed by atoms with Crippen molar-refractivity contribution in [2.75, 3.05) is 5.32 Å². The maximum Gasteiger partial charge on any atom is 0.315 e. The number of nitrogens with one attached hydrogen (secondary N) is 3. The summed E-state index contributed by atoms with van der Waals surface area (Å²) in [6.45, 7) is 0. The van der Waals surface area contributed by atoms with E-state index in [-0.39, 0.29) is 36.0 Å². The fraction of sp³-hybridized carbons (Fsp3) is 0.480. The SMILES string of the molecule is O=C1CCc2c(Oc3ccc4c(c3)[C@H]3[C@H](NC(=O)NC5CCCCCC5)[C@H]3O4)ccnc2N1. The Bertz CT molecular complexity index is 1100. The molecule has 2 saturated carbocycles. The lowest BCUT2D eigenvalue weighted by molar-refractivity contribution is -0.116. The maximum atomic E-state index is 12.5. The predicted molar refractivity (Wildman–Crippen MR) is 122 cm³/mol. The molecule has 2 aliphatic carbocycles. The number of urea groups is 1. The quantitative estimate of drug-likeness (QED) is 0.614. The number of rotatable bonds is 4. The second kappa shape index (κ2) is 8.24. The first kappa shape index (κ1) is 20.3. The number of pyridine rings is 1. The molecule has 8 heteroatoms. The Morgan fingerprint density at radius 1 is 1.09 bits per heavy atom. The van der Waals surface area contributed by atoms with E-state index in [1.165, 1.54) is 25.7 Å². The molecule has 172 valence electrons. The number of nitrogens with zero attached hydrogens (tertiary/aromatic N) is 1. The monoisotopic (exact) mass is 448 g/mol. The third-order valence-electron chi connectivity index (χ3n) is 7.15. The van der Waals surface area contributed by atoms with E-state index < -0.39 is 0 Å². The molecule has 0 bridgehead atoms. The molecule has 1 aromatic heterocycles. The average Bonchev–Trinajstić information content (AvgIpc) is 3.42. The smallest absolute Gasteiger partial charge is 0.315 e. The van der Waals surface area contributed by atoms with Crippen molar-refractivity contribution < 1.29 is 19.1 Å². The molecule has 8 nitrogen and oxygen atoms in total. The van der Waals surface area contributed by atoms with Crippen molar-refractivity contribution in [1.82, 2.24) is 15.6 Å². The minimum atomic E-state index is -0.0932. The molecule has 0 saturated heterocycles. The molecule has 3 heterocycles. The zero-order valence-electron chi connectivity index (χ0n) is 18.4. The molecule has 3 atom stereocenters. The van der Waals surface area contributed by atoms with E-state index in [0.717, 1.165) is 29.7 Å². The Labute approximate surface area is 192 Å². The van der Waals surface area contributed by atoms with Gasteiger partial charge in [0.25, 0.3) is 0 Å². The van der Waals surface area contributed by atoms with Crippen LogP contribution >= 0.6 is 0 Å². The van der Waals surface area contributed by atoms with Gasteiger partial charge in [0.1, 0.15) is 29.2 Å². The lowest BCUT2D eigenvalue weighted by atomic mass is 10.1. The molecule has 2 aliphatic heterocycles. The van der Waals surface area contributed by atoms with Crippen LogP contribution in [0, 0.1) is 0 Å². The molecular formula is C25H28N4O4. The van der Waals surface area contributed by atoms with Crippen LogP contribution in [-0.2, 0) is 11.2 Å². The Balaban J connectivity index is 1.12. The van der Waals surface area contributed by atoms with Crippen molar-refractivity contribution in [3.05, 3.63) is 41.6 Å². The van der Waals surface area contributed by atoms with Crippen molar-refractivity contribution in [3.8, 4) is 17.2 Å². The summed E-state index contributed by atoms with van der Waals surface area (Å²) in [5, 5.41) is 9.07. The van der Waals surface area contributed by atoms with E-state index in [2.05, 4.69) is 20.9 Å². The number of fused-ring (bicyclic) bond motifs is 4. The molecule has 0 spiro atoms. The second-order valence-electron chi connectivity index (χ2n) is 9.43. The van der Waals surface area contributed by atoms with Crippen molar-refractivity contribution in [1.29, 1.82) is 0 Å². The molecular weight excluding hydrogens is 420 g/mol. The number of carbonyl (C=O) groups is 2. The largest absolute Gasteiger partial charge is 0.487 e. The van der Waals surface area contributed by atoms with Crippen molar-refractivity contribution in [2.24, 2.45) is 0 Å². The number of aromatic nitrogens is 1. The van der Waals surface area contributed by atoms with Crippen LogP contribution in [0.3, 0.4) is 0 Å². The topological polar surface area (TPSA) is 102 Å². The normalized spacial score (nSPS) is 25.5. The summed E-state index contributed by atoms with van der Waals surface area (Å²) >= 11 is 0. The lowest BCUT2D eigenvalue weighted by Gasteiger charge is -2.19. The molecule has 1 aromatic carbocycles. The predicted octanol–water partition coefficient (Wildman–Crippen LogP) is 4.01. The van der Waals surface area contributed by atoms with Crippen molar-refractivity contribution >= 4 is 17.8 Å². The standard InChI is InChI=1S/C25H28N4O4/c30-20-10-8-16-19(11-12-26-24(16)28-20)32-15-7-9-18-17(13-15)21-22(23(21)33-18)29-25(31)27-14-5-3-1-2-4-6-14/h7,9,11-14,21-23H,1-6,8,10H2,(H,26,28,30)(H2,27,29,31)/t21-,22-,23-/m0/s1. The zero-order valence-corrected chi connectivity index (χ0v) is 18.4. The summed E-state index contributed by atoms with van der Waals surface area (Å²) in [6.07, 6.45) is 9.67. The third kappa shape index (κ3) is 3.98. The summed E-state index contributed by atoms with van der Waals surface area (Å²) in [7, 11) is 0. The first-order chi connectivity index (χ1) is 16.2. The summed E-state index contributed by atoms with van der Waals surface area (Å²) in [4.78, 5) is 28.5. The number of ether oxygens (including phenoxy) is 2. The first-order valence-corrected chi connectivity index (χ1v) is 12.0. The number of anilines is 1. The number of carbonyl (C=O) groups excluding carboxylic acids is 2. The van der Waals surface area contributed by atoms with Crippen LogP contribution in [0.1, 0.15) is 62.0 Å². The van der Waals surface area contributed by atoms with Crippen LogP contribution in [0.15, 0.2) is 30.5 Å². The maximum absolute atomic E-state index is 12.5. The molecule has 2 fully saturated rings. The van der Waals surface area contributed by atoms with E-state index in [0.29, 0.717) is 30.2 Å². The molecule has 3 amide bonds. The molecule has 33 heavy (non-hydrogen) atoms. The number of hydrogen-bond acceptors (Lipinski definition) is 5. The number of hydrogen-bond donors (Lipinski definition) is 3. The van der Waals surface area contributed by atoms with Gasteiger partial charge in [-0.25, -0.2) is 9.78 Å². The fourth-order valence-electron chi connectivity index (χ4n) is 5.36. The van der Waals surface area contributed by atoms with Crippen LogP contribution in [0.4, 0.5) is 10.6 Å². The summed E-state index contributed by atoms with van der Waals surface area (Å²) < 4.78 is 12.2. The van der Waals surface area contributed by atoms with Gasteiger partial charge in [-0.15, -0.1) is 0 Å². The van der Waals surface area contributed by atoms with E-state index >= 15 is 0 Å². The van der Waals surface area contributed by atoms with Gasteiger partial charge < -0.3 is 25.4 Å². The van der Waals surface area contributed by atoms with Gasteiger partial charge in [0.15, 0.2) is 0 Å². The lowest BCUT2D eigenvalue weighted by Crippen LogP contribution is -2.44. The van der Waals surface area contributed by atoms with Crippen LogP contribution in [0.5, 0.6) is 17.2 Å². The zero-order chi connectivity index (χ0) is 22.4. The Hall–Kier alpha value is -3.29. The van der Waals surface area contributed by atoms with Crippen LogP contribution in [-0.4, -0.2) is 35.1 Å². The van der Waals surface area contributed by atoms with Gasteiger partial charge in [0, 0.05) is 29.8 Å². The average molecular weight is 449 g/mol. The van der Waals surface area contributed by atoms with Gasteiger partial charge in [-0.05, 0) is 43.5 Å². The Kier molecular flexibility index (Phi) is 5.08. The fourth-order valence-corrected chi connectivity index (χ4v) is 5.36. The molecule has 0 radical (unpaired) electrons. The van der Waals surface area contributed by atoms with E-state index in [4.69, 9.17) is 9.47 Å². The van der Waals surface area contributed by atoms with Gasteiger partial charge in [-0.2, -0.15) is 0 Å². The van der Waals surface area contributed by atoms with Crippen molar-refractivity contribution in [2.45, 2.75) is 75.5 Å². The molecule has 3 N–H and O–H groups in total. The molecule has 2 aromatic rings. The van der Waals surface area contributed by atoms with Crippen LogP contribution in [0.25, 0.3) is 0 Å². The summed E-state index contributed by atoms with van der Waals surface area (Å²) in [6, 6.07) is 7.80. The highest BCUT2D eigenvalue weighted by molar-refractivity contribution is 5.93. The number of benzene rings is 1. The minimum Gasteiger partial charge on any atom is -0.487 e. The number of amides is 3. The summed E-state index contributed by atoms with van der Waals surface area (Å²) in [5.74, 6) is 2.95. The summed E-state index contributed by atoms with van der Waals surface area (Å²) in [5.41, 5.74) is 1.97. The molecule has 6 rings (SSSR count). The van der Waals surface area contributed by atoms with E-state index in [1.54, 1.807) is 6.20 Å². The van der Waals surface area contributed by atoms with Crippen LogP contribution < -0.4 is 25.4 Å². The van der Waals surface area contributed by atoms with Gasteiger partial charge in [0.2, 0.25) is 5.91 Å². The highest BCUT2D eigenvalue weighted by Gasteiger charge is 2.59. The highest BCUT2D eigenvalue weighted by atomic mass is 16.5. The van der Waals surface area contributed by atoms with Gasteiger partial charge >= 0.3 is 6.03 Å². The third-order valence-corrected chi connectivity index (χ3v) is 7.15. The van der Waals surface area contributed by atoms with Crippen molar-refractivity contribution in [3.63, 3.8) is 0 Å². The molecule has 4 aliphatic rings.